The predicted octanol–water partition coefficient (Wildman–Crippen LogP) is 1.73. The Kier molecular flexibility index (Phi) is 5.42. The Morgan fingerprint density at radius 1 is 1.35 bits per heavy atom. The molecule has 0 aliphatic carbocycles. The van der Waals surface area contributed by atoms with E-state index in [1.165, 1.54) is 12.1 Å². The topological polar surface area (TPSA) is 72.6 Å². The monoisotopic (exact) mass is 241 g/mol. The molecule has 0 bridgehead atoms. The van der Waals surface area contributed by atoms with Crippen LogP contribution in [0.1, 0.15) is 29.6 Å². The van der Waals surface area contributed by atoms with Crippen molar-refractivity contribution in [2.24, 2.45) is 0 Å². The van der Waals surface area contributed by atoms with Gasteiger partial charge < -0.3 is 15.6 Å². The van der Waals surface area contributed by atoms with Crippen LogP contribution in [0.15, 0.2) is 18.2 Å². The van der Waals surface area contributed by atoms with Crippen molar-refractivity contribution in [2.45, 2.75) is 19.3 Å². The van der Waals surface area contributed by atoms with Gasteiger partial charge in [0.05, 0.1) is 12.2 Å². The number of rotatable bonds is 6. The van der Waals surface area contributed by atoms with Gasteiger partial charge in [0.25, 0.3) is 0 Å². The molecule has 0 saturated carbocycles. The molecular formula is C12H16FNO3. The Bertz CT molecular complexity index is 382. The van der Waals surface area contributed by atoms with Crippen LogP contribution in [0.5, 0.6) is 0 Å². The zero-order valence-corrected chi connectivity index (χ0v) is 9.49. The number of ether oxygens (including phenoxy) is 1. The number of anilines is 1. The zero-order chi connectivity index (χ0) is 12.7. The Morgan fingerprint density at radius 2 is 2.12 bits per heavy atom. The Balaban J connectivity index is 2.42. The van der Waals surface area contributed by atoms with E-state index in [2.05, 4.69) is 0 Å². The number of aliphatic hydroxyl groups is 1. The van der Waals surface area contributed by atoms with Gasteiger partial charge in [-0.05, 0) is 37.5 Å². The number of nitrogen functional groups attached to an aromatic ring is 1. The van der Waals surface area contributed by atoms with Crippen molar-refractivity contribution >= 4 is 11.7 Å². The van der Waals surface area contributed by atoms with E-state index in [0.717, 1.165) is 12.5 Å². The molecule has 0 unspecified atom stereocenters. The van der Waals surface area contributed by atoms with Gasteiger partial charge >= 0.3 is 5.97 Å². The number of benzene rings is 1. The SMILES string of the molecule is Nc1ccc(C(=O)OCCCCCO)c(F)c1. The van der Waals surface area contributed by atoms with E-state index in [1.54, 1.807) is 0 Å². The smallest absolute Gasteiger partial charge is 0.341 e. The quantitative estimate of drug-likeness (QED) is 0.452. The van der Waals surface area contributed by atoms with Crippen molar-refractivity contribution < 1.29 is 19.0 Å². The lowest BCUT2D eigenvalue weighted by Crippen LogP contribution is -2.09. The van der Waals surface area contributed by atoms with Gasteiger partial charge in [-0.25, -0.2) is 9.18 Å². The summed E-state index contributed by atoms with van der Waals surface area (Å²) in [5.41, 5.74) is 5.52. The molecule has 0 aromatic heterocycles. The fraction of sp³-hybridized carbons (Fsp3) is 0.417. The summed E-state index contributed by atoms with van der Waals surface area (Å²) in [5, 5.41) is 8.55. The van der Waals surface area contributed by atoms with Gasteiger partial charge in [-0.15, -0.1) is 0 Å². The van der Waals surface area contributed by atoms with Crippen molar-refractivity contribution in [1.82, 2.24) is 0 Å². The number of halogens is 1. The summed E-state index contributed by atoms with van der Waals surface area (Å²) < 4.78 is 18.2. The Labute approximate surface area is 99.2 Å². The molecule has 17 heavy (non-hydrogen) atoms. The van der Waals surface area contributed by atoms with Crippen LogP contribution in [0.3, 0.4) is 0 Å². The van der Waals surface area contributed by atoms with E-state index in [0.29, 0.717) is 12.8 Å². The van der Waals surface area contributed by atoms with E-state index in [4.69, 9.17) is 15.6 Å². The molecule has 0 heterocycles. The van der Waals surface area contributed by atoms with E-state index < -0.39 is 11.8 Å². The summed E-state index contributed by atoms with van der Waals surface area (Å²) in [7, 11) is 0. The average molecular weight is 241 g/mol. The summed E-state index contributed by atoms with van der Waals surface area (Å²) in [6.45, 7) is 0.350. The molecule has 0 radical (unpaired) electrons. The molecule has 94 valence electrons. The van der Waals surface area contributed by atoms with Gasteiger partial charge in [-0.3, -0.25) is 0 Å². The van der Waals surface area contributed by atoms with Gasteiger partial charge in [0, 0.05) is 12.3 Å². The number of esters is 1. The van der Waals surface area contributed by atoms with Gasteiger partial charge in [0.1, 0.15) is 5.82 Å². The molecule has 5 heteroatoms. The lowest BCUT2D eigenvalue weighted by molar-refractivity contribution is 0.0491. The minimum atomic E-state index is -0.688. The van der Waals surface area contributed by atoms with Crippen LogP contribution >= 0.6 is 0 Å². The fourth-order valence-corrected chi connectivity index (χ4v) is 1.33. The average Bonchev–Trinajstić information content (AvgIpc) is 2.28. The molecule has 0 saturated heterocycles. The molecular weight excluding hydrogens is 225 g/mol. The number of unbranched alkanes of at least 4 members (excludes halogenated alkanes) is 2. The van der Waals surface area contributed by atoms with Gasteiger partial charge in [-0.1, -0.05) is 0 Å². The Hall–Kier alpha value is -1.62. The Morgan fingerprint density at radius 3 is 2.76 bits per heavy atom. The third-order valence-electron chi connectivity index (χ3n) is 2.25. The van der Waals surface area contributed by atoms with E-state index in [1.807, 2.05) is 0 Å². The summed E-state index contributed by atoms with van der Waals surface area (Å²) in [6, 6.07) is 3.84. The van der Waals surface area contributed by atoms with Gasteiger partial charge in [0.15, 0.2) is 0 Å². The lowest BCUT2D eigenvalue weighted by atomic mass is 10.2. The maximum atomic E-state index is 13.3. The molecule has 1 aromatic carbocycles. The first-order chi connectivity index (χ1) is 8.15. The van der Waals surface area contributed by atoms with Crippen LogP contribution in [0.25, 0.3) is 0 Å². The molecule has 0 aliphatic heterocycles. The zero-order valence-electron chi connectivity index (χ0n) is 9.49. The summed E-state index contributed by atoms with van der Waals surface area (Å²) in [4.78, 5) is 11.5. The first-order valence-electron chi connectivity index (χ1n) is 5.48. The fourth-order valence-electron chi connectivity index (χ4n) is 1.33. The molecule has 1 rings (SSSR count). The molecule has 0 spiro atoms. The van der Waals surface area contributed by atoms with Crippen LogP contribution < -0.4 is 5.73 Å². The van der Waals surface area contributed by atoms with E-state index >= 15 is 0 Å². The maximum Gasteiger partial charge on any atom is 0.341 e. The summed E-state index contributed by atoms with van der Waals surface area (Å²) >= 11 is 0. The first-order valence-corrected chi connectivity index (χ1v) is 5.48. The van der Waals surface area contributed by atoms with Gasteiger partial charge in [0.2, 0.25) is 0 Å². The number of carbonyl (C=O) groups excluding carboxylic acids is 1. The lowest BCUT2D eigenvalue weighted by Gasteiger charge is -2.05. The molecule has 0 amide bonds. The largest absolute Gasteiger partial charge is 0.462 e. The second-order valence-electron chi connectivity index (χ2n) is 3.66. The molecule has 1 aromatic rings. The molecule has 0 aliphatic rings. The van der Waals surface area contributed by atoms with Crippen LogP contribution in [0, 0.1) is 5.82 Å². The summed E-state index contributed by atoms with van der Waals surface area (Å²) in [5.74, 6) is -1.36. The predicted molar refractivity (Wildman–Crippen MR) is 62.0 cm³/mol. The third-order valence-corrected chi connectivity index (χ3v) is 2.25. The normalized spacial score (nSPS) is 10.2. The highest BCUT2D eigenvalue weighted by Crippen LogP contribution is 2.13. The highest BCUT2D eigenvalue weighted by Gasteiger charge is 2.12. The maximum absolute atomic E-state index is 13.3. The van der Waals surface area contributed by atoms with E-state index in [9.17, 15) is 9.18 Å². The number of aliphatic hydroxyl groups excluding tert-OH is 1. The molecule has 3 N–H and O–H groups in total. The molecule has 0 atom stereocenters. The van der Waals surface area contributed by atoms with Gasteiger partial charge in [-0.2, -0.15) is 0 Å². The van der Waals surface area contributed by atoms with Crippen LogP contribution in [-0.4, -0.2) is 24.3 Å². The molecule has 0 fully saturated rings. The van der Waals surface area contributed by atoms with Crippen LogP contribution in [-0.2, 0) is 4.74 Å². The van der Waals surface area contributed by atoms with Crippen molar-refractivity contribution in [3.8, 4) is 0 Å². The number of hydrogen-bond acceptors (Lipinski definition) is 4. The van der Waals surface area contributed by atoms with Crippen molar-refractivity contribution in [3.05, 3.63) is 29.6 Å². The second kappa shape index (κ2) is 6.85. The van der Waals surface area contributed by atoms with Crippen molar-refractivity contribution in [2.75, 3.05) is 18.9 Å². The molecule has 4 nitrogen and oxygen atoms in total. The third kappa shape index (κ3) is 4.40. The van der Waals surface area contributed by atoms with Crippen molar-refractivity contribution in [3.63, 3.8) is 0 Å². The number of carbonyl (C=O) groups is 1. The standard InChI is InChI=1S/C12H16FNO3/c13-11-8-9(14)4-5-10(11)12(16)17-7-3-1-2-6-15/h4-5,8,15H,1-3,6-7,14H2. The van der Waals surface area contributed by atoms with Crippen LogP contribution in [0.2, 0.25) is 0 Å². The number of nitrogens with two attached hydrogens (primary N) is 1. The minimum absolute atomic E-state index is 0.110. The second-order valence-corrected chi connectivity index (χ2v) is 3.66. The summed E-state index contributed by atoms with van der Waals surface area (Å²) in [6.07, 6.45) is 2.10. The van der Waals surface area contributed by atoms with E-state index in [-0.39, 0.29) is 24.5 Å². The minimum Gasteiger partial charge on any atom is -0.462 e. The highest BCUT2D eigenvalue weighted by molar-refractivity contribution is 5.90. The van der Waals surface area contributed by atoms with Crippen LogP contribution in [0.4, 0.5) is 10.1 Å². The van der Waals surface area contributed by atoms with Crippen molar-refractivity contribution in [1.29, 1.82) is 0 Å². The first kappa shape index (κ1) is 13.4. The number of hydrogen-bond donors (Lipinski definition) is 2. The highest BCUT2D eigenvalue weighted by atomic mass is 19.1.